The van der Waals surface area contributed by atoms with Gasteiger partial charge in [0.05, 0.1) is 14.3 Å². The number of fused-ring (bicyclic) bond motifs is 1. The van der Waals surface area contributed by atoms with E-state index >= 15 is 0 Å². The van der Waals surface area contributed by atoms with E-state index in [1.165, 1.54) is 0 Å². The largest absolute Gasteiger partial charge is 0.305 e. The SMILES string of the molecule is Clc1ccn2cc(-c3ccccc3)nc2c1I. The summed E-state index contributed by atoms with van der Waals surface area (Å²) in [6.45, 7) is 0. The monoisotopic (exact) mass is 354 g/mol. The van der Waals surface area contributed by atoms with E-state index in [9.17, 15) is 0 Å². The van der Waals surface area contributed by atoms with Gasteiger partial charge in [-0.25, -0.2) is 4.98 Å². The molecule has 2 heterocycles. The summed E-state index contributed by atoms with van der Waals surface area (Å²) in [6, 6.07) is 12.0. The molecule has 4 heteroatoms. The number of hydrogen-bond donors (Lipinski definition) is 0. The number of rotatable bonds is 1. The molecule has 17 heavy (non-hydrogen) atoms. The minimum atomic E-state index is 0.739. The quantitative estimate of drug-likeness (QED) is 0.597. The van der Waals surface area contributed by atoms with E-state index in [-0.39, 0.29) is 0 Å². The smallest absolute Gasteiger partial charge is 0.152 e. The Kier molecular flexibility index (Phi) is 2.80. The average molecular weight is 355 g/mol. The molecular weight excluding hydrogens is 347 g/mol. The second kappa shape index (κ2) is 4.31. The van der Waals surface area contributed by atoms with Crippen LogP contribution in [0.5, 0.6) is 0 Å². The molecule has 0 amide bonds. The fourth-order valence-electron chi connectivity index (χ4n) is 1.74. The summed E-state index contributed by atoms with van der Waals surface area (Å²) in [7, 11) is 0. The Bertz CT molecular complexity index is 676. The van der Waals surface area contributed by atoms with Gasteiger partial charge in [-0.05, 0) is 28.7 Å². The van der Waals surface area contributed by atoms with Gasteiger partial charge in [-0.15, -0.1) is 0 Å². The van der Waals surface area contributed by atoms with Gasteiger partial charge in [0.25, 0.3) is 0 Å². The molecule has 0 aliphatic carbocycles. The average Bonchev–Trinajstić information content (AvgIpc) is 2.80. The van der Waals surface area contributed by atoms with Crippen molar-refractivity contribution in [1.82, 2.24) is 9.38 Å². The fourth-order valence-corrected chi connectivity index (χ4v) is 2.46. The molecule has 0 unspecified atom stereocenters. The van der Waals surface area contributed by atoms with E-state index in [4.69, 9.17) is 11.6 Å². The van der Waals surface area contributed by atoms with Crippen LogP contribution in [0.25, 0.3) is 16.9 Å². The van der Waals surface area contributed by atoms with Crippen LogP contribution in [0.4, 0.5) is 0 Å². The maximum atomic E-state index is 6.08. The van der Waals surface area contributed by atoms with Gasteiger partial charge in [0.2, 0.25) is 0 Å². The Morgan fingerprint density at radius 1 is 1.12 bits per heavy atom. The van der Waals surface area contributed by atoms with E-state index < -0.39 is 0 Å². The lowest BCUT2D eigenvalue weighted by molar-refractivity contribution is 1.18. The zero-order valence-electron chi connectivity index (χ0n) is 8.77. The molecule has 84 valence electrons. The third kappa shape index (κ3) is 1.93. The first-order valence-corrected chi connectivity index (χ1v) is 6.59. The van der Waals surface area contributed by atoms with Crippen molar-refractivity contribution >= 4 is 39.8 Å². The van der Waals surface area contributed by atoms with Crippen molar-refractivity contribution in [3.63, 3.8) is 0 Å². The van der Waals surface area contributed by atoms with Crippen LogP contribution in [0.1, 0.15) is 0 Å². The number of halogens is 2. The third-order valence-corrected chi connectivity index (χ3v) is 4.29. The van der Waals surface area contributed by atoms with Crippen molar-refractivity contribution in [2.24, 2.45) is 0 Å². The second-order valence-electron chi connectivity index (χ2n) is 3.70. The molecule has 0 spiro atoms. The molecule has 0 radical (unpaired) electrons. The normalized spacial score (nSPS) is 10.9. The lowest BCUT2D eigenvalue weighted by Gasteiger charge is -1.97. The number of hydrogen-bond acceptors (Lipinski definition) is 1. The van der Waals surface area contributed by atoms with Gasteiger partial charge in [0, 0.05) is 18.0 Å². The molecule has 3 aromatic rings. The molecule has 3 rings (SSSR count). The maximum absolute atomic E-state index is 6.08. The Balaban J connectivity index is 2.24. The fraction of sp³-hybridized carbons (Fsp3) is 0. The summed E-state index contributed by atoms with van der Waals surface area (Å²) in [5.74, 6) is 0. The summed E-state index contributed by atoms with van der Waals surface area (Å²) in [6.07, 6.45) is 3.95. The second-order valence-corrected chi connectivity index (χ2v) is 5.19. The highest BCUT2D eigenvalue weighted by Crippen LogP contribution is 2.25. The molecule has 0 fully saturated rings. The van der Waals surface area contributed by atoms with Crippen molar-refractivity contribution in [3.8, 4) is 11.3 Å². The molecule has 0 atom stereocenters. The van der Waals surface area contributed by atoms with Gasteiger partial charge in [-0.1, -0.05) is 41.9 Å². The van der Waals surface area contributed by atoms with Gasteiger partial charge in [0.1, 0.15) is 0 Å². The Labute approximate surface area is 117 Å². The van der Waals surface area contributed by atoms with Crippen LogP contribution in [0, 0.1) is 3.57 Å². The lowest BCUT2D eigenvalue weighted by atomic mass is 10.2. The van der Waals surface area contributed by atoms with Gasteiger partial charge in [-0.3, -0.25) is 0 Å². The van der Waals surface area contributed by atoms with Crippen molar-refractivity contribution in [2.75, 3.05) is 0 Å². The Hall–Kier alpha value is -1.07. The first kappa shape index (κ1) is 11.0. The molecular formula is C13H8ClIN2. The van der Waals surface area contributed by atoms with Crippen LogP contribution >= 0.6 is 34.2 Å². The summed E-state index contributed by atoms with van der Waals surface area (Å²) in [5.41, 5.74) is 2.98. The van der Waals surface area contributed by atoms with Crippen LogP contribution in [0.2, 0.25) is 5.02 Å². The van der Waals surface area contributed by atoms with Crippen LogP contribution in [-0.2, 0) is 0 Å². The molecule has 2 nitrogen and oxygen atoms in total. The number of aromatic nitrogens is 2. The van der Waals surface area contributed by atoms with Crippen molar-refractivity contribution in [2.45, 2.75) is 0 Å². The first-order chi connectivity index (χ1) is 8.25. The molecule has 0 aliphatic heterocycles. The van der Waals surface area contributed by atoms with E-state index in [0.717, 1.165) is 25.5 Å². The number of pyridine rings is 1. The zero-order valence-corrected chi connectivity index (χ0v) is 11.7. The van der Waals surface area contributed by atoms with Crippen LogP contribution < -0.4 is 0 Å². The molecule has 0 saturated heterocycles. The lowest BCUT2D eigenvalue weighted by Crippen LogP contribution is -1.86. The number of benzene rings is 1. The predicted molar refractivity (Wildman–Crippen MR) is 78.4 cm³/mol. The number of imidazole rings is 1. The van der Waals surface area contributed by atoms with E-state index in [1.54, 1.807) is 0 Å². The highest BCUT2D eigenvalue weighted by molar-refractivity contribution is 14.1. The predicted octanol–water partition coefficient (Wildman–Crippen LogP) is 4.26. The third-order valence-electron chi connectivity index (χ3n) is 2.59. The maximum Gasteiger partial charge on any atom is 0.152 e. The molecule has 1 aromatic carbocycles. The highest BCUT2D eigenvalue weighted by atomic mass is 127. The van der Waals surface area contributed by atoms with Crippen molar-refractivity contribution < 1.29 is 0 Å². The van der Waals surface area contributed by atoms with Gasteiger partial charge < -0.3 is 4.40 Å². The van der Waals surface area contributed by atoms with Gasteiger partial charge in [-0.2, -0.15) is 0 Å². The molecule has 0 N–H and O–H groups in total. The van der Waals surface area contributed by atoms with Gasteiger partial charge in [0.15, 0.2) is 5.65 Å². The van der Waals surface area contributed by atoms with Crippen LogP contribution in [0.3, 0.4) is 0 Å². The van der Waals surface area contributed by atoms with Gasteiger partial charge >= 0.3 is 0 Å². The molecule has 0 bridgehead atoms. The topological polar surface area (TPSA) is 17.3 Å². The Morgan fingerprint density at radius 3 is 2.65 bits per heavy atom. The highest BCUT2D eigenvalue weighted by Gasteiger charge is 2.08. The van der Waals surface area contributed by atoms with E-state index in [0.29, 0.717) is 0 Å². The Morgan fingerprint density at radius 2 is 1.88 bits per heavy atom. The van der Waals surface area contributed by atoms with Crippen molar-refractivity contribution in [1.29, 1.82) is 0 Å². The molecule has 0 saturated carbocycles. The minimum Gasteiger partial charge on any atom is -0.305 e. The zero-order chi connectivity index (χ0) is 11.8. The minimum absolute atomic E-state index is 0.739. The summed E-state index contributed by atoms with van der Waals surface area (Å²) in [4.78, 5) is 4.61. The summed E-state index contributed by atoms with van der Waals surface area (Å²) < 4.78 is 2.98. The molecule has 2 aromatic heterocycles. The number of nitrogens with zero attached hydrogens (tertiary/aromatic N) is 2. The summed E-state index contributed by atoms with van der Waals surface area (Å²) >= 11 is 8.30. The summed E-state index contributed by atoms with van der Waals surface area (Å²) in [5, 5.41) is 0.739. The van der Waals surface area contributed by atoms with Crippen LogP contribution in [0.15, 0.2) is 48.8 Å². The standard InChI is InChI=1S/C13H8ClIN2/c14-10-6-7-17-8-11(16-13(17)12(10)15)9-4-2-1-3-5-9/h1-8H. The molecule has 0 aliphatic rings. The van der Waals surface area contributed by atoms with Crippen LogP contribution in [-0.4, -0.2) is 9.38 Å². The van der Waals surface area contributed by atoms with Crippen molar-refractivity contribution in [3.05, 3.63) is 57.4 Å². The first-order valence-electron chi connectivity index (χ1n) is 5.14. The van der Waals surface area contributed by atoms with E-state index in [2.05, 4.69) is 39.7 Å². The van der Waals surface area contributed by atoms with E-state index in [1.807, 2.05) is 41.1 Å².